The van der Waals surface area contributed by atoms with Gasteiger partial charge in [-0.3, -0.25) is 0 Å². The summed E-state index contributed by atoms with van der Waals surface area (Å²) >= 11 is 1.80. The fourth-order valence-electron chi connectivity index (χ4n) is 1.43. The van der Waals surface area contributed by atoms with Crippen molar-refractivity contribution in [2.24, 2.45) is 0 Å². The maximum absolute atomic E-state index is 11.4. The third-order valence-electron chi connectivity index (χ3n) is 2.60. The maximum atomic E-state index is 11.4. The lowest BCUT2D eigenvalue weighted by Gasteiger charge is -2.22. The summed E-state index contributed by atoms with van der Waals surface area (Å²) in [6.45, 7) is 3.23. The average Bonchev–Trinajstić information content (AvgIpc) is 2.87. The fourth-order valence-corrected chi connectivity index (χ4v) is 4.11. The number of halogens is 6. The van der Waals surface area contributed by atoms with Crippen molar-refractivity contribution in [1.82, 2.24) is 0 Å². The lowest BCUT2D eigenvalue weighted by molar-refractivity contribution is -0.663. The molecule has 0 spiro atoms. The molecule has 0 atom stereocenters. The van der Waals surface area contributed by atoms with Crippen LogP contribution in [0.5, 0.6) is 0 Å². The summed E-state index contributed by atoms with van der Waals surface area (Å²) in [5, 5.41) is 0. The molecule has 0 aliphatic carbocycles. The van der Waals surface area contributed by atoms with Crippen molar-refractivity contribution < 1.29 is 47.7 Å². The van der Waals surface area contributed by atoms with E-state index in [0.717, 1.165) is 10.7 Å². The van der Waals surface area contributed by atoms with Crippen LogP contribution in [0.2, 0.25) is 0 Å². The minimum Gasteiger partial charge on any atom is -0.421 e. The topological polar surface area (TPSA) is 86.3 Å². The summed E-state index contributed by atoms with van der Waals surface area (Å²) in [6, 6.07) is 8.49. The molecule has 6 nitrogen and oxygen atoms in total. The van der Waals surface area contributed by atoms with Gasteiger partial charge in [-0.2, -0.15) is 30.9 Å². The third kappa shape index (κ3) is 5.28. The van der Waals surface area contributed by atoms with E-state index >= 15 is 0 Å². The van der Waals surface area contributed by atoms with Crippen molar-refractivity contribution in [2.75, 3.05) is 0 Å². The highest BCUT2D eigenvalue weighted by Gasteiger charge is 2.46. The SMILES string of the molecule is CC[n+]1csc2ccccc21.O=S(=O)([N-]S(=O)(=O)C(F)(F)F)C(F)(F)F. The normalized spacial score (nSPS) is 13.3. The van der Waals surface area contributed by atoms with Gasteiger partial charge in [0.25, 0.3) is 0 Å². The Morgan fingerprint density at radius 2 is 1.42 bits per heavy atom. The average molecular weight is 444 g/mol. The van der Waals surface area contributed by atoms with Gasteiger partial charge in [0.05, 0.1) is 0 Å². The minimum atomic E-state index is -6.72. The molecule has 1 heterocycles. The molecule has 0 bridgehead atoms. The van der Waals surface area contributed by atoms with Gasteiger partial charge in [-0.1, -0.05) is 23.5 Å². The van der Waals surface area contributed by atoms with Crippen LogP contribution >= 0.6 is 11.3 Å². The van der Waals surface area contributed by atoms with Crippen molar-refractivity contribution in [1.29, 1.82) is 0 Å². The van der Waals surface area contributed by atoms with Crippen LogP contribution < -0.4 is 4.57 Å². The number of hydrogen-bond donors (Lipinski definition) is 0. The zero-order valence-corrected chi connectivity index (χ0v) is 15.1. The molecule has 0 saturated heterocycles. The van der Waals surface area contributed by atoms with E-state index in [1.165, 1.54) is 10.2 Å². The Hall–Kier alpha value is -1.45. The predicted octanol–water partition coefficient (Wildman–Crippen LogP) is 3.27. The first-order chi connectivity index (χ1) is 11.6. The highest BCUT2D eigenvalue weighted by atomic mass is 32.3. The molecule has 0 aliphatic rings. The van der Waals surface area contributed by atoms with Crippen LogP contribution in [0, 0.1) is 0 Å². The quantitative estimate of drug-likeness (QED) is 0.537. The van der Waals surface area contributed by atoms with Crippen LogP contribution in [-0.4, -0.2) is 27.9 Å². The van der Waals surface area contributed by atoms with E-state index in [4.69, 9.17) is 0 Å². The second-order valence-corrected chi connectivity index (χ2v) is 8.70. The highest BCUT2D eigenvalue weighted by Crippen LogP contribution is 2.36. The molecule has 26 heavy (non-hydrogen) atoms. The van der Waals surface area contributed by atoms with E-state index in [-0.39, 0.29) is 0 Å². The Morgan fingerprint density at radius 1 is 0.962 bits per heavy atom. The molecular formula is C11H10F6N2O4S3. The minimum absolute atomic E-state index is 0.778. The molecule has 2 aromatic rings. The number of nitrogens with zero attached hydrogens (tertiary/aromatic N) is 2. The molecule has 2 rings (SSSR count). The lowest BCUT2D eigenvalue weighted by Crippen LogP contribution is -2.30. The summed E-state index contributed by atoms with van der Waals surface area (Å²) in [6.07, 6.45) is 0. The zero-order chi connectivity index (χ0) is 20.4. The number of hydrogen-bond acceptors (Lipinski definition) is 5. The van der Waals surface area contributed by atoms with Crippen LogP contribution in [0.25, 0.3) is 14.3 Å². The van der Waals surface area contributed by atoms with Crippen LogP contribution in [0.4, 0.5) is 26.3 Å². The Balaban J connectivity index is 0.000000269. The van der Waals surface area contributed by atoms with Crippen LogP contribution in [-0.2, 0) is 26.6 Å². The first-order valence-electron chi connectivity index (χ1n) is 6.35. The predicted molar refractivity (Wildman–Crippen MR) is 81.0 cm³/mol. The van der Waals surface area contributed by atoms with Crippen molar-refractivity contribution >= 4 is 41.6 Å². The number of sulfonamides is 2. The lowest BCUT2D eigenvalue weighted by atomic mass is 10.3. The number of fused-ring (bicyclic) bond motifs is 1. The molecule has 0 unspecified atom stereocenters. The van der Waals surface area contributed by atoms with E-state index < -0.39 is 31.1 Å². The van der Waals surface area contributed by atoms with Crippen LogP contribution in [0.15, 0.2) is 29.8 Å². The van der Waals surface area contributed by atoms with E-state index in [9.17, 15) is 43.2 Å². The molecule has 0 radical (unpaired) electrons. The van der Waals surface area contributed by atoms with Gasteiger partial charge >= 0.3 is 11.0 Å². The van der Waals surface area contributed by atoms with Crippen molar-refractivity contribution in [2.45, 2.75) is 24.5 Å². The number of rotatable bonds is 3. The summed E-state index contributed by atoms with van der Waals surface area (Å²) in [7, 11) is -13.4. The Kier molecular flexibility index (Phi) is 6.65. The smallest absolute Gasteiger partial charge is 0.421 e. The molecule has 0 fully saturated rings. The molecule has 0 saturated carbocycles. The van der Waals surface area contributed by atoms with E-state index in [0.29, 0.717) is 0 Å². The standard InChI is InChI=1S/C9H10NS.C2F6NO4S2/c1-2-10-7-11-9-6-4-3-5-8(9)10;3-1(4,5)14(10,11)9-15(12,13)2(6,7)8/h3-7H,2H2,1H3;/q+1;-1. The van der Waals surface area contributed by atoms with E-state index in [1.807, 2.05) is 0 Å². The van der Waals surface area contributed by atoms with Gasteiger partial charge in [0, 0.05) is 6.07 Å². The number of para-hydroxylation sites is 1. The monoisotopic (exact) mass is 444 g/mol. The number of thiazole rings is 1. The van der Waals surface area contributed by atoms with Gasteiger partial charge in [-0.05, 0) is 13.0 Å². The molecule has 1 aromatic carbocycles. The van der Waals surface area contributed by atoms with Crippen LogP contribution in [0.1, 0.15) is 6.92 Å². The van der Waals surface area contributed by atoms with Gasteiger partial charge in [0.15, 0.2) is 20.0 Å². The van der Waals surface area contributed by atoms with Gasteiger partial charge in [-0.25, -0.2) is 16.8 Å². The summed E-state index contributed by atoms with van der Waals surface area (Å²) in [5.41, 5.74) is -8.89. The van der Waals surface area contributed by atoms with Gasteiger partial charge in [-0.15, -0.1) is 0 Å². The summed E-state index contributed by atoms with van der Waals surface area (Å²) < 4.78 is 113. The number of benzene rings is 1. The Morgan fingerprint density at radius 3 is 1.85 bits per heavy atom. The number of aromatic nitrogens is 1. The first-order valence-corrected chi connectivity index (χ1v) is 10.1. The molecule has 0 amide bonds. The third-order valence-corrected chi connectivity index (χ3v) is 6.30. The highest BCUT2D eigenvalue weighted by molar-refractivity contribution is 8.13. The second-order valence-electron chi connectivity index (χ2n) is 4.39. The fraction of sp³-hybridized carbons (Fsp3) is 0.364. The summed E-state index contributed by atoms with van der Waals surface area (Å²) in [4.78, 5) is 0. The molecule has 0 aliphatic heterocycles. The zero-order valence-electron chi connectivity index (χ0n) is 12.6. The Bertz CT molecular complexity index is 922. The van der Waals surface area contributed by atoms with Crippen molar-refractivity contribution in [3.63, 3.8) is 0 Å². The van der Waals surface area contributed by atoms with Gasteiger partial charge in [0.2, 0.25) is 11.0 Å². The number of alkyl halides is 6. The van der Waals surface area contributed by atoms with E-state index in [2.05, 4.69) is 41.3 Å². The van der Waals surface area contributed by atoms with Crippen LogP contribution in [0.3, 0.4) is 0 Å². The molecule has 1 aromatic heterocycles. The molecule has 0 N–H and O–H groups in total. The largest absolute Gasteiger partial charge is 0.480 e. The molecular weight excluding hydrogens is 434 g/mol. The van der Waals surface area contributed by atoms with Crippen molar-refractivity contribution in [3.05, 3.63) is 33.9 Å². The van der Waals surface area contributed by atoms with Gasteiger partial charge in [0.1, 0.15) is 11.2 Å². The maximum Gasteiger partial charge on any atom is 0.480 e. The number of aryl methyl sites for hydroxylation is 1. The van der Waals surface area contributed by atoms with E-state index in [1.54, 1.807) is 11.3 Å². The molecule has 148 valence electrons. The van der Waals surface area contributed by atoms with Crippen molar-refractivity contribution in [3.8, 4) is 0 Å². The summed E-state index contributed by atoms with van der Waals surface area (Å²) in [5.74, 6) is 0. The molecule has 15 heteroatoms. The van der Waals surface area contributed by atoms with Gasteiger partial charge < -0.3 is 4.13 Å². The second kappa shape index (κ2) is 7.66. The Labute approximate surface area is 148 Å². The first kappa shape index (κ1) is 22.6.